The van der Waals surface area contributed by atoms with Crippen molar-refractivity contribution in [2.24, 2.45) is 23.7 Å². The van der Waals surface area contributed by atoms with Crippen molar-refractivity contribution in [1.82, 2.24) is 14.8 Å². The van der Waals surface area contributed by atoms with Crippen LogP contribution in [0.3, 0.4) is 0 Å². The fourth-order valence-corrected chi connectivity index (χ4v) is 10.6. The van der Waals surface area contributed by atoms with Crippen LogP contribution < -0.4 is 5.43 Å². The van der Waals surface area contributed by atoms with Crippen molar-refractivity contribution in [3.8, 4) is 5.75 Å². The Labute approximate surface area is 333 Å². The normalized spacial score (nSPS) is 27.9. The number of nitrogens with one attached hydrogen (secondary N) is 1. The Morgan fingerprint density at radius 3 is 2.21 bits per heavy atom. The van der Waals surface area contributed by atoms with E-state index in [4.69, 9.17) is 23.2 Å². The number of allylic oxidation sites excluding steroid dienone is 2. The summed E-state index contributed by atoms with van der Waals surface area (Å²) in [5.74, 6) is -6.12. The topological polar surface area (TPSA) is 110 Å². The van der Waals surface area contributed by atoms with Gasteiger partial charge in [0.25, 0.3) is 11.8 Å². The van der Waals surface area contributed by atoms with Crippen molar-refractivity contribution in [1.29, 1.82) is 0 Å². The minimum atomic E-state index is -1.62. The van der Waals surface area contributed by atoms with E-state index in [1.165, 1.54) is 40.8 Å². The summed E-state index contributed by atoms with van der Waals surface area (Å²) in [5.41, 5.74) is 4.38. The number of phenolic OH excluding ortho intramolecular Hbond substituents is 1. The molecule has 3 aliphatic heterocycles. The van der Waals surface area contributed by atoms with Crippen LogP contribution >= 0.6 is 23.2 Å². The van der Waals surface area contributed by atoms with Gasteiger partial charge < -0.3 is 5.11 Å². The molecule has 9 nitrogen and oxygen atoms in total. The molecule has 4 aromatic rings. The highest BCUT2D eigenvalue weighted by Gasteiger charge is 2.70. The summed E-state index contributed by atoms with van der Waals surface area (Å²) in [4.78, 5) is 63.1. The molecule has 4 fully saturated rings. The predicted molar refractivity (Wildman–Crippen MR) is 209 cm³/mol. The van der Waals surface area contributed by atoms with Gasteiger partial charge in [-0.15, -0.1) is 0 Å². The van der Waals surface area contributed by atoms with Crippen molar-refractivity contribution in [3.05, 3.63) is 141 Å². The molecule has 6 atom stereocenters. The summed E-state index contributed by atoms with van der Waals surface area (Å²) in [6, 6.07) is 26.7. The quantitative estimate of drug-likeness (QED) is 0.148. The van der Waals surface area contributed by atoms with E-state index in [0.29, 0.717) is 45.3 Å². The largest absolute Gasteiger partial charge is 0.508 e. The van der Waals surface area contributed by atoms with E-state index >= 15 is 4.79 Å². The molecule has 0 bridgehead atoms. The number of benzene rings is 4. The molecule has 2 aliphatic carbocycles. The number of imide groups is 2. The van der Waals surface area contributed by atoms with Crippen LogP contribution in [0.5, 0.6) is 5.75 Å². The highest BCUT2D eigenvalue weighted by molar-refractivity contribution is 6.31. The van der Waals surface area contributed by atoms with Crippen LogP contribution in [0, 0.1) is 29.5 Å². The molecule has 12 heteroatoms. The first-order valence-electron chi connectivity index (χ1n) is 19.0. The lowest BCUT2D eigenvalue weighted by atomic mass is 9.49. The van der Waals surface area contributed by atoms with Crippen LogP contribution in [-0.2, 0) is 31.1 Å². The molecular formula is C44H39Cl2FN4O5. The second-order valence-electron chi connectivity index (χ2n) is 15.6. The van der Waals surface area contributed by atoms with Gasteiger partial charge in [-0.05, 0) is 97.3 Å². The van der Waals surface area contributed by atoms with Gasteiger partial charge in [-0.3, -0.25) is 34.4 Å². The minimum absolute atomic E-state index is 0.0992. The molecule has 4 amide bonds. The maximum atomic E-state index is 15.3. The number of halogens is 3. The van der Waals surface area contributed by atoms with Gasteiger partial charge in [-0.2, -0.15) is 5.01 Å². The third-order valence-corrected chi connectivity index (χ3v) is 13.2. The number of nitrogens with zero attached hydrogens (tertiary/aromatic N) is 3. The second-order valence-corrected chi connectivity index (χ2v) is 16.5. The van der Waals surface area contributed by atoms with Crippen LogP contribution in [0.1, 0.15) is 48.3 Å². The van der Waals surface area contributed by atoms with E-state index < -0.39 is 52.6 Å². The number of hydrogen-bond donors (Lipinski definition) is 2. The van der Waals surface area contributed by atoms with Crippen LogP contribution in [0.4, 0.5) is 10.1 Å². The number of rotatable bonds is 7. The Morgan fingerprint density at radius 2 is 1.50 bits per heavy atom. The van der Waals surface area contributed by atoms with E-state index in [1.807, 2.05) is 24.3 Å². The molecule has 5 aliphatic rings. The maximum absolute atomic E-state index is 15.3. The fourth-order valence-electron chi connectivity index (χ4n) is 10.3. The Kier molecular flexibility index (Phi) is 9.26. The number of amides is 4. The van der Waals surface area contributed by atoms with Crippen molar-refractivity contribution in [2.45, 2.75) is 49.6 Å². The number of aromatic hydroxyl groups is 1. The van der Waals surface area contributed by atoms with E-state index in [9.17, 15) is 23.9 Å². The lowest BCUT2D eigenvalue weighted by Crippen LogP contribution is -2.53. The summed E-state index contributed by atoms with van der Waals surface area (Å²) < 4.78 is 13.9. The third-order valence-electron chi connectivity index (χ3n) is 12.8. The molecule has 9 rings (SSSR count). The van der Waals surface area contributed by atoms with E-state index in [1.54, 1.807) is 36.4 Å². The molecule has 286 valence electrons. The molecule has 1 saturated carbocycles. The van der Waals surface area contributed by atoms with Crippen LogP contribution in [0.2, 0.25) is 10.0 Å². The van der Waals surface area contributed by atoms with Gasteiger partial charge in [0.05, 0.1) is 28.9 Å². The SMILES string of the molecule is O=C1C2CC3C(=CCC4C(=O)N(C5CCN(Cc6ccccc6)CC5)C(=O)C43)C(c3cc(Cl)ccc3O)C2(c2ccc(Cl)cc2)C(=O)N1Nc1ccc(F)cc1. The fraction of sp³-hybridized carbons (Fsp3) is 0.318. The van der Waals surface area contributed by atoms with Crippen LogP contribution in [0.25, 0.3) is 0 Å². The van der Waals surface area contributed by atoms with Crippen molar-refractivity contribution in [2.75, 3.05) is 18.5 Å². The number of likely N-dealkylation sites (tertiary alicyclic amines) is 2. The lowest BCUT2D eigenvalue weighted by molar-refractivity contribution is -0.144. The second kappa shape index (κ2) is 14.2. The summed E-state index contributed by atoms with van der Waals surface area (Å²) in [5, 5.41) is 13.3. The zero-order valence-electron chi connectivity index (χ0n) is 30.3. The molecule has 0 aromatic heterocycles. The number of anilines is 1. The molecule has 0 spiro atoms. The Bertz CT molecular complexity index is 2260. The molecule has 0 radical (unpaired) electrons. The Hall–Kier alpha value is -5.03. The van der Waals surface area contributed by atoms with Gasteiger partial charge in [0.2, 0.25) is 11.8 Å². The predicted octanol–water partition coefficient (Wildman–Crippen LogP) is 7.49. The van der Waals surface area contributed by atoms with Gasteiger partial charge in [0.1, 0.15) is 11.6 Å². The van der Waals surface area contributed by atoms with Gasteiger partial charge in [-0.25, -0.2) is 4.39 Å². The zero-order chi connectivity index (χ0) is 38.9. The van der Waals surface area contributed by atoms with Crippen molar-refractivity contribution < 1.29 is 28.7 Å². The van der Waals surface area contributed by atoms with Gasteiger partial charge in [-0.1, -0.05) is 77.3 Å². The lowest BCUT2D eigenvalue weighted by Gasteiger charge is -2.50. The molecule has 4 aromatic carbocycles. The van der Waals surface area contributed by atoms with Crippen molar-refractivity contribution >= 4 is 52.5 Å². The van der Waals surface area contributed by atoms with Crippen LogP contribution in [0.15, 0.2) is 109 Å². The number of hydrogen-bond acceptors (Lipinski definition) is 7. The monoisotopic (exact) mass is 792 g/mol. The molecule has 3 heterocycles. The van der Waals surface area contributed by atoms with Gasteiger partial charge >= 0.3 is 0 Å². The minimum Gasteiger partial charge on any atom is -0.508 e. The van der Waals surface area contributed by atoms with Crippen LogP contribution in [-0.4, -0.2) is 62.7 Å². The van der Waals surface area contributed by atoms with Crippen molar-refractivity contribution in [3.63, 3.8) is 0 Å². The average Bonchev–Trinajstić information content (AvgIpc) is 3.58. The Balaban J connectivity index is 1.12. The number of fused-ring (bicyclic) bond motifs is 4. The van der Waals surface area contributed by atoms with E-state index in [0.717, 1.165) is 24.6 Å². The summed E-state index contributed by atoms with van der Waals surface area (Å²) in [6.07, 6.45) is 3.64. The summed E-state index contributed by atoms with van der Waals surface area (Å²) >= 11 is 13.0. The van der Waals surface area contributed by atoms with E-state index in [2.05, 4.69) is 22.5 Å². The smallest absolute Gasteiger partial charge is 0.260 e. The van der Waals surface area contributed by atoms with Gasteiger partial charge in [0.15, 0.2) is 0 Å². The zero-order valence-corrected chi connectivity index (χ0v) is 31.8. The maximum Gasteiger partial charge on any atom is 0.260 e. The third kappa shape index (κ3) is 5.83. The highest BCUT2D eigenvalue weighted by Crippen LogP contribution is 2.65. The first kappa shape index (κ1) is 36.6. The Morgan fingerprint density at radius 1 is 0.804 bits per heavy atom. The summed E-state index contributed by atoms with van der Waals surface area (Å²) in [7, 11) is 0. The average molecular weight is 794 g/mol. The number of phenols is 1. The number of hydrazine groups is 1. The molecule has 2 N–H and O–H groups in total. The molecular weight excluding hydrogens is 754 g/mol. The van der Waals surface area contributed by atoms with Gasteiger partial charge in [0, 0.05) is 47.2 Å². The molecule has 3 saturated heterocycles. The molecule has 56 heavy (non-hydrogen) atoms. The first-order valence-corrected chi connectivity index (χ1v) is 19.8. The summed E-state index contributed by atoms with van der Waals surface area (Å²) in [6.45, 7) is 2.28. The molecule has 6 unspecified atom stereocenters. The standard InChI is InChI=1S/C44H39Cl2FN4O5/c45-27-8-6-26(7-9-27)44-36(41(54)51(43(44)56)48-30-13-11-29(47)12-14-30)23-34-32(39(44)35-22-28(46)10-17-37(35)52)15-16-33-38(34)42(55)50(40(33)53)31-18-20-49(21-19-31)24-25-4-2-1-3-5-25/h1-15,17,22,31,33-34,36,38-39,48,52H,16,18-21,23-24H2. The van der Waals surface area contributed by atoms with E-state index in [-0.39, 0.29) is 36.4 Å². The number of carbonyl (C=O) groups excluding carboxylic acids is 4. The number of carbonyl (C=O) groups is 4. The first-order chi connectivity index (χ1) is 27.1. The highest BCUT2D eigenvalue weighted by atomic mass is 35.5. The number of piperidine rings is 1.